The van der Waals surface area contributed by atoms with E-state index < -0.39 is 108 Å². The van der Waals surface area contributed by atoms with Gasteiger partial charge in [0.25, 0.3) is 0 Å². The van der Waals surface area contributed by atoms with E-state index in [1.165, 1.54) is 34.4 Å². The van der Waals surface area contributed by atoms with E-state index in [-0.39, 0.29) is 107 Å². The summed E-state index contributed by atoms with van der Waals surface area (Å²) in [6, 6.07) is 47.9. The Bertz CT molecular complexity index is 4140. The minimum atomic E-state index is -1.03. The standard InChI is InChI=1S/C100H134O25/c1-91(2,3)62-25-33-67(34-26-62)102-50-79-85(120-95(13,14)114-79)56-108-73-44-74(109-57-86-80(115-96(15,16)121-86)51-103-68-35-27-63(28-36-68)92(4,5)6)47-77(46-73)112-60-89-83(118-99(21,22)124-89)54-106-71-41-66(101)42-72(43-71)107-55-84-90(125-100(23,24)119-84)61-113-78-48-75(110-58-87-81(116-97(17,18)122-87)52-104-69-37-29-64(30-38-69)93(7,8)9)45-76(49-78)111-59-88-82(117-98(19,20)123-88)53-105-70-39-31-65(32-40-70)94(10,11)12/h25-49,79-90,101H,50-61H2,1-24H3/t79-,80+,81-,82+,83-,84-,85-,86+,87-,88+,89-,90-/m1/s1. The summed E-state index contributed by atoms with van der Waals surface area (Å²) in [5.74, 6) is 0.279. The van der Waals surface area contributed by atoms with Crippen molar-refractivity contribution in [3.8, 4) is 74.7 Å². The number of hydrogen-bond acceptors (Lipinski definition) is 25. The van der Waals surface area contributed by atoms with Gasteiger partial charge in [0.2, 0.25) is 0 Å². The molecular weight excluding hydrogens is 1600 g/mol. The van der Waals surface area contributed by atoms with Gasteiger partial charge >= 0.3 is 0 Å². The van der Waals surface area contributed by atoms with Crippen LogP contribution in [0.5, 0.6) is 74.7 Å². The maximum absolute atomic E-state index is 11.3. The van der Waals surface area contributed by atoms with Crippen LogP contribution < -0.4 is 56.8 Å². The van der Waals surface area contributed by atoms with Gasteiger partial charge in [-0.15, -0.1) is 0 Å². The van der Waals surface area contributed by atoms with E-state index in [0.29, 0.717) is 46.0 Å². The van der Waals surface area contributed by atoms with E-state index in [4.69, 9.17) is 114 Å². The first kappa shape index (κ1) is 94.1. The second-order valence-electron chi connectivity index (χ2n) is 40.0. The summed E-state index contributed by atoms with van der Waals surface area (Å²) in [6.45, 7) is 49.8. The Kier molecular flexibility index (Phi) is 28.6. The van der Waals surface area contributed by atoms with E-state index in [9.17, 15) is 5.11 Å². The zero-order chi connectivity index (χ0) is 89.9. The number of aromatic hydroxyl groups is 1. The largest absolute Gasteiger partial charge is 0.508 e. The third kappa shape index (κ3) is 26.8. The van der Waals surface area contributed by atoms with Crippen LogP contribution >= 0.6 is 0 Å². The van der Waals surface area contributed by atoms with Gasteiger partial charge in [0.05, 0.1) is 0 Å². The molecule has 0 radical (unpaired) electrons. The van der Waals surface area contributed by atoms with E-state index in [1.54, 1.807) is 42.5 Å². The molecule has 0 spiro atoms. The summed E-state index contributed by atoms with van der Waals surface area (Å²) in [4.78, 5) is 0. The SMILES string of the molecule is CC1(C)O[C@@H](COc2ccc(C(C)(C)C)cc2)[C@H](COc2cc(OC[C@H]3OC(C)(C)O[C@@H]3COc3ccc(C(C)(C)C)cc3)cc(OC[C@H]3OC(C)(C)O[C@@H]3COc3cc(O)cc(OC[C@H]4OC(C)(C)O[C@@H]4COc4cc(OC[C@@H]5OC(C)(C)O[C@H]5COc5ccc(C(C)(C)C)cc5)cc(OC[C@H]5OC(C)(C)O[C@@H]5COc5ccc(C(C)(C)C)cc5)c4)c3)c2)O1. The van der Waals surface area contributed by atoms with Crippen LogP contribution in [0.1, 0.15) is 188 Å². The Morgan fingerprint density at radius 1 is 0.192 bits per heavy atom. The highest BCUT2D eigenvalue weighted by atomic mass is 16.8. The third-order valence-corrected chi connectivity index (χ3v) is 22.1. The molecule has 7 aromatic rings. The van der Waals surface area contributed by atoms with Crippen molar-refractivity contribution in [3.05, 3.63) is 174 Å². The predicted molar refractivity (Wildman–Crippen MR) is 470 cm³/mol. The molecule has 0 saturated carbocycles. The molecule has 1 N–H and O–H groups in total. The summed E-state index contributed by atoms with van der Waals surface area (Å²) in [5.41, 5.74) is 4.79. The first-order valence-electron chi connectivity index (χ1n) is 43.8. The van der Waals surface area contributed by atoms with Gasteiger partial charge in [-0.2, -0.15) is 0 Å². The molecule has 25 nitrogen and oxygen atoms in total. The molecule has 25 heteroatoms. The van der Waals surface area contributed by atoms with Crippen molar-refractivity contribution in [2.75, 3.05) is 79.3 Å². The molecular formula is C100H134O25. The smallest absolute Gasteiger partial charge is 0.164 e. The lowest BCUT2D eigenvalue weighted by Gasteiger charge is -2.22. The van der Waals surface area contributed by atoms with E-state index in [0.717, 1.165) is 23.0 Å². The quantitative estimate of drug-likeness (QED) is 0.0384. The summed E-state index contributed by atoms with van der Waals surface area (Å²) < 4.78 is 155. The van der Waals surface area contributed by atoms with Crippen LogP contribution in [0.2, 0.25) is 0 Å². The van der Waals surface area contributed by atoms with Crippen molar-refractivity contribution in [1.82, 2.24) is 0 Å². The molecule has 13 rings (SSSR count). The lowest BCUT2D eigenvalue weighted by atomic mass is 9.87. The Morgan fingerprint density at radius 3 is 0.424 bits per heavy atom. The molecule has 684 valence electrons. The number of phenolic OH excluding ortho intramolecular Hbond substituents is 1. The fourth-order valence-electron chi connectivity index (χ4n) is 15.8. The molecule has 6 saturated heterocycles. The minimum absolute atomic E-state index is 0.00224. The lowest BCUT2D eigenvalue weighted by molar-refractivity contribution is -0.150. The second kappa shape index (κ2) is 38.0. The van der Waals surface area contributed by atoms with Crippen LogP contribution in [0.15, 0.2) is 152 Å². The van der Waals surface area contributed by atoms with Crippen molar-refractivity contribution in [2.24, 2.45) is 0 Å². The second-order valence-corrected chi connectivity index (χ2v) is 40.0. The molecule has 12 atom stereocenters. The maximum Gasteiger partial charge on any atom is 0.164 e. The highest BCUT2D eigenvalue weighted by Gasteiger charge is 2.49. The maximum atomic E-state index is 11.3. The predicted octanol–water partition coefficient (Wildman–Crippen LogP) is 18.4. The summed E-state index contributed by atoms with van der Waals surface area (Å²) in [5, 5.41) is 11.3. The Balaban J connectivity index is 0.662. The molecule has 0 amide bonds. The number of phenols is 1. The van der Waals surface area contributed by atoms with Gasteiger partial charge in [-0.25, -0.2) is 0 Å². The van der Waals surface area contributed by atoms with Crippen molar-refractivity contribution in [2.45, 2.75) is 296 Å². The zero-order valence-corrected chi connectivity index (χ0v) is 77.6. The zero-order valence-electron chi connectivity index (χ0n) is 77.6. The first-order valence-corrected chi connectivity index (χ1v) is 43.8. The number of ether oxygens (including phenoxy) is 24. The van der Waals surface area contributed by atoms with E-state index in [2.05, 4.69) is 132 Å². The van der Waals surface area contributed by atoms with Crippen LogP contribution in [0.4, 0.5) is 0 Å². The van der Waals surface area contributed by atoms with E-state index >= 15 is 0 Å². The number of rotatable bonds is 36. The van der Waals surface area contributed by atoms with Gasteiger partial charge in [-0.1, -0.05) is 132 Å². The van der Waals surface area contributed by atoms with Crippen LogP contribution in [0, 0.1) is 0 Å². The summed E-state index contributed by atoms with van der Waals surface area (Å²) in [6.07, 6.45) is -6.53. The molecule has 125 heavy (non-hydrogen) atoms. The fourth-order valence-corrected chi connectivity index (χ4v) is 15.8. The average Bonchev–Trinajstić information content (AvgIpc) is 0.952. The first-order chi connectivity index (χ1) is 58.6. The van der Waals surface area contributed by atoms with Crippen LogP contribution in [-0.2, 0) is 78.5 Å². The number of hydrogen-bond donors (Lipinski definition) is 1. The van der Waals surface area contributed by atoms with E-state index in [1.807, 2.05) is 132 Å². The summed E-state index contributed by atoms with van der Waals surface area (Å²) >= 11 is 0. The molecule has 0 aromatic heterocycles. The highest BCUT2D eigenvalue weighted by molar-refractivity contribution is 5.45. The van der Waals surface area contributed by atoms with Crippen molar-refractivity contribution < 1.29 is 119 Å². The van der Waals surface area contributed by atoms with Gasteiger partial charge < -0.3 is 119 Å². The Labute approximate surface area is 738 Å². The normalized spacial score (nSPS) is 25.4. The van der Waals surface area contributed by atoms with Crippen molar-refractivity contribution >= 4 is 0 Å². The molecule has 0 aliphatic carbocycles. The van der Waals surface area contributed by atoms with Crippen LogP contribution in [-0.4, -0.2) is 192 Å². The molecule has 0 bridgehead atoms. The van der Waals surface area contributed by atoms with Gasteiger partial charge in [0.15, 0.2) is 34.7 Å². The topological polar surface area (TPSA) is 242 Å². The molecule has 6 aliphatic rings. The van der Waals surface area contributed by atoms with Gasteiger partial charge in [0.1, 0.15) is 227 Å². The Hall–Kier alpha value is -8.54. The van der Waals surface area contributed by atoms with Crippen molar-refractivity contribution in [3.63, 3.8) is 0 Å². The van der Waals surface area contributed by atoms with Crippen LogP contribution in [0.25, 0.3) is 0 Å². The molecule has 6 aliphatic heterocycles. The van der Waals surface area contributed by atoms with Gasteiger partial charge in [-0.3, -0.25) is 0 Å². The molecule has 0 unspecified atom stereocenters. The monoisotopic (exact) mass is 1730 g/mol. The molecule has 7 aromatic carbocycles. The summed E-state index contributed by atoms with van der Waals surface area (Å²) in [7, 11) is 0. The minimum Gasteiger partial charge on any atom is -0.508 e. The lowest BCUT2D eigenvalue weighted by Crippen LogP contribution is -2.34. The van der Waals surface area contributed by atoms with Gasteiger partial charge in [0, 0.05) is 54.6 Å². The highest BCUT2D eigenvalue weighted by Crippen LogP contribution is 2.42. The average molecular weight is 1740 g/mol. The Morgan fingerprint density at radius 2 is 0.304 bits per heavy atom. The van der Waals surface area contributed by atoms with Crippen molar-refractivity contribution in [1.29, 1.82) is 0 Å². The fraction of sp³-hybridized carbons (Fsp3) is 0.580. The molecule has 6 heterocycles. The van der Waals surface area contributed by atoms with Crippen LogP contribution in [0.3, 0.4) is 0 Å². The molecule has 6 fully saturated rings. The number of benzene rings is 7. The van der Waals surface area contributed by atoms with Gasteiger partial charge in [-0.05, 0) is 176 Å². The third-order valence-electron chi connectivity index (χ3n) is 22.1.